The van der Waals surface area contributed by atoms with Crippen molar-refractivity contribution >= 4 is 0 Å². The van der Waals surface area contributed by atoms with Crippen LogP contribution < -0.4 is 5.32 Å². The molecular formula is C12H16N4O. The lowest BCUT2D eigenvalue weighted by atomic mass is 10.1. The lowest BCUT2D eigenvalue weighted by Crippen LogP contribution is -2.08. The molecule has 3 heterocycles. The van der Waals surface area contributed by atoms with Gasteiger partial charge >= 0.3 is 0 Å². The monoisotopic (exact) mass is 232 g/mol. The molecule has 90 valence electrons. The van der Waals surface area contributed by atoms with Gasteiger partial charge in [-0.05, 0) is 32.0 Å². The van der Waals surface area contributed by atoms with Gasteiger partial charge in [-0.1, -0.05) is 5.16 Å². The summed E-state index contributed by atoms with van der Waals surface area (Å²) in [4.78, 5) is 4.50. The number of hydrogen-bond acceptors (Lipinski definition) is 4. The molecule has 5 heteroatoms. The molecule has 1 N–H and O–H groups in total. The highest BCUT2D eigenvalue weighted by molar-refractivity contribution is 5.49. The minimum absolute atomic E-state index is 0.376. The van der Waals surface area contributed by atoms with Gasteiger partial charge in [0.15, 0.2) is 0 Å². The Morgan fingerprint density at radius 1 is 1.59 bits per heavy atom. The number of hydrogen-bond donors (Lipinski definition) is 1. The van der Waals surface area contributed by atoms with Crippen molar-refractivity contribution < 1.29 is 4.52 Å². The molecule has 0 aromatic carbocycles. The molecule has 1 aliphatic heterocycles. The van der Waals surface area contributed by atoms with Crippen molar-refractivity contribution in [3.05, 3.63) is 24.2 Å². The Labute approximate surface area is 99.8 Å². The Morgan fingerprint density at radius 3 is 3.29 bits per heavy atom. The summed E-state index contributed by atoms with van der Waals surface area (Å²) in [6, 6.07) is 4.02. The summed E-state index contributed by atoms with van der Waals surface area (Å²) in [5.74, 6) is 1.83. The number of nitrogens with one attached hydrogen (secondary N) is 1. The van der Waals surface area contributed by atoms with E-state index >= 15 is 0 Å². The SMILES string of the molecule is CCn1cccc1-c1noc([C@H]2CCNC2)n1. The van der Waals surface area contributed by atoms with Crippen LogP contribution in [0.4, 0.5) is 0 Å². The molecular weight excluding hydrogens is 216 g/mol. The summed E-state index contributed by atoms with van der Waals surface area (Å²) < 4.78 is 7.47. The molecule has 1 atom stereocenters. The normalized spacial score (nSPS) is 19.9. The number of rotatable bonds is 3. The lowest BCUT2D eigenvalue weighted by Gasteiger charge is -2.01. The molecule has 0 saturated carbocycles. The number of nitrogens with zero attached hydrogens (tertiary/aromatic N) is 3. The third-order valence-corrected chi connectivity index (χ3v) is 3.25. The maximum Gasteiger partial charge on any atom is 0.231 e. The van der Waals surface area contributed by atoms with Gasteiger partial charge in [0.25, 0.3) is 0 Å². The van der Waals surface area contributed by atoms with Crippen LogP contribution >= 0.6 is 0 Å². The second kappa shape index (κ2) is 4.33. The quantitative estimate of drug-likeness (QED) is 0.874. The van der Waals surface area contributed by atoms with Crippen molar-refractivity contribution in [2.24, 2.45) is 0 Å². The average molecular weight is 232 g/mol. The third-order valence-electron chi connectivity index (χ3n) is 3.25. The first-order chi connectivity index (χ1) is 8.38. The lowest BCUT2D eigenvalue weighted by molar-refractivity contribution is 0.359. The fraction of sp³-hybridized carbons (Fsp3) is 0.500. The first-order valence-electron chi connectivity index (χ1n) is 6.08. The Kier molecular flexibility index (Phi) is 2.68. The van der Waals surface area contributed by atoms with E-state index in [9.17, 15) is 0 Å². The van der Waals surface area contributed by atoms with Crippen LogP contribution in [-0.4, -0.2) is 27.8 Å². The van der Waals surface area contributed by atoms with Crippen LogP contribution in [0.2, 0.25) is 0 Å². The maximum absolute atomic E-state index is 5.36. The summed E-state index contributed by atoms with van der Waals surface area (Å²) in [5, 5.41) is 7.38. The van der Waals surface area contributed by atoms with Crippen LogP contribution in [0, 0.1) is 0 Å². The molecule has 0 unspecified atom stereocenters. The summed E-state index contributed by atoms with van der Waals surface area (Å²) >= 11 is 0. The van der Waals surface area contributed by atoms with Crippen LogP contribution in [0.1, 0.15) is 25.2 Å². The topological polar surface area (TPSA) is 55.9 Å². The Morgan fingerprint density at radius 2 is 2.53 bits per heavy atom. The first kappa shape index (κ1) is 10.5. The molecule has 0 spiro atoms. The predicted molar refractivity (Wildman–Crippen MR) is 63.6 cm³/mol. The van der Waals surface area contributed by atoms with Gasteiger partial charge in [0, 0.05) is 19.3 Å². The fourth-order valence-electron chi connectivity index (χ4n) is 2.26. The predicted octanol–water partition coefficient (Wildman–Crippen LogP) is 1.63. The van der Waals surface area contributed by atoms with Gasteiger partial charge in [-0.15, -0.1) is 0 Å². The van der Waals surface area contributed by atoms with Gasteiger partial charge in [-0.3, -0.25) is 0 Å². The minimum Gasteiger partial charge on any atom is -0.345 e. The second-order valence-corrected chi connectivity index (χ2v) is 4.33. The van der Waals surface area contributed by atoms with E-state index in [1.807, 2.05) is 18.3 Å². The largest absolute Gasteiger partial charge is 0.345 e. The van der Waals surface area contributed by atoms with Crippen molar-refractivity contribution in [1.82, 2.24) is 20.0 Å². The second-order valence-electron chi connectivity index (χ2n) is 4.33. The Bertz CT molecular complexity index is 496. The molecule has 0 aliphatic carbocycles. The van der Waals surface area contributed by atoms with E-state index in [1.54, 1.807) is 0 Å². The molecule has 17 heavy (non-hydrogen) atoms. The molecule has 5 nitrogen and oxygen atoms in total. The van der Waals surface area contributed by atoms with Crippen molar-refractivity contribution in [2.45, 2.75) is 25.8 Å². The third kappa shape index (κ3) is 1.86. The standard InChI is InChI=1S/C12H16N4O/c1-2-16-7-3-4-10(16)11-14-12(17-15-11)9-5-6-13-8-9/h3-4,7,9,13H,2,5-6,8H2,1H3/t9-/m0/s1. The zero-order valence-corrected chi connectivity index (χ0v) is 9.89. The Balaban J connectivity index is 1.89. The fourth-order valence-corrected chi connectivity index (χ4v) is 2.26. The van der Waals surface area contributed by atoms with E-state index < -0.39 is 0 Å². The van der Waals surface area contributed by atoms with Gasteiger partial charge in [0.2, 0.25) is 11.7 Å². The van der Waals surface area contributed by atoms with E-state index in [1.165, 1.54) is 0 Å². The van der Waals surface area contributed by atoms with E-state index in [2.05, 4.69) is 26.9 Å². The smallest absolute Gasteiger partial charge is 0.231 e. The zero-order valence-electron chi connectivity index (χ0n) is 9.89. The molecule has 2 aromatic rings. The molecule has 1 fully saturated rings. The summed E-state index contributed by atoms with van der Waals surface area (Å²) in [5.41, 5.74) is 1.02. The van der Waals surface area contributed by atoms with Crippen LogP contribution in [-0.2, 0) is 6.54 Å². The van der Waals surface area contributed by atoms with Gasteiger partial charge in [0.1, 0.15) is 0 Å². The molecule has 0 bridgehead atoms. The van der Waals surface area contributed by atoms with Crippen molar-refractivity contribution in [2.75, 3.05) is 13.1 Å². The highest BCUT2D eigenvalue weighted by Crippen LogP contribution is 2.24. The van der Waals surface area contributed by atoms with Crippen LogP contribution in [0.15, 0.2) is 22.9 Å². The van der Waals surface area contributed by atoms with Crippen molar-refractivity contribution in [3.8, 4) is 11.5 Å². The molecule has 1 aliphatic rings. The molecule has 0 amide bonds. The summed E-state index contributed by atoms with van der Waals surface area (Å²) in [7, 11) is 0. The zero-order chi connectivity index (χ0) is 11.7. The van der Waals surface area contributed by atoms with E-state index in [-0.39, 0.29) is 0 Å². The Hall–Kier alpha value is -1.62. The molecule has 1 saturated heterocycles. The number of aryl methyl sites for hydroxylation is 1. The summed E-state index contributed by atoms with van der Waals surface area (Å²) in [6.45, 7) is 4.99. The van der Waals surface area contributed by atoms with Crippen LogP contribution in [0.3, 0.4) is 0 Å². The maximum atomic E-state index is 5.36. The first-order valence-corrected chi connectivity index (χ1v) is 6.08. The highest BCUT2D eigenvalue weighted by atomic mass is 16.5. The van der Waals surface area contributed by atoms with Gasteiger partial charge in [-0.25, -0.2) is 0 Å². The van der Waals surface area contributed by atoms with Gasteiger partial charge in [0.05, 0.1) is 11.6 Å². The van der Waals surface area contributed by atoms with E-state index in [4.69, 9.17) is 4.52 Å². The minimum atomic E-state index is 0.376. The van der Waals surface area contributed by atoms with E-state index in [0.717, 1.165) is 37.6 Å². The average Bonchev–Trinajstić information content (AvgIpc) is 3.09. The van der Waals surface area contributed by atoms with Crippen LogP contribution in [0.25, 0.3) is 11.5 Å². The molecule has 0 radical (unpaired) electrons. The number of aromatic nitrogens is 3. The molecule has 2 aromatic heterocycles. The highest BCUT2D eigenvalue weighted by Gasteiger charge is 2.23. The molecule has 3 rings (SSSR count). The van der Waals surface area contributed by atoms with Crippen molar-refractivity contribution in [1.29, 1.82) is 0 Å². The van der Waals surface area contributed by atoms with Crippen molar-refractivity contribution in [3.63, 3.8) is 0 Å². The summed E-state index contributed by atoms with van der Waals surface area (Å²) in [6.07, 6.45) is 3.11. The van der Waals surface area contributed by atoms with Gasteiger partial charge in [-0.2, -0.15) is 4.98 Å². The van der Waals surface area contributed by atoms with E-state index in [0.29, 0.717) is 11.7 Å². The van der Waals surface area contributed by atoms with Crippen LogP contribution in [0.5, 0.6) is 0 Å². The van der Waals surface area contributed by atoms with Gasteiger partial charge < -0.3 is 14.4 Å².